The van der Waals surface area contributed by atoms with Crippen LogP contribution in [0.3, 0.4) is 0 Å². The van der Waals surface area contributed by atoms with Gasteiger partial charge in [0.05, 0.1) is 59.6 Å². The van der Waals surface area contributed by atoms with E-state index in [1.54, 1.807) is 44.7 Å². The van der Waals surface area contributed by atoms with Crippen molar-refractivity contribution in [3.8, 4) is 34.5 Å². The molecule has 11 rings (SSSR count). The maximum atomic E-state index is 18.4. The Morgan fingerprint density at radius 3 is 2.31 bits per heavy atom. The highest BCUT2D eigenvalue weighted by Crippen LogP contribution is 2.53. The van der Waals surface area contributed by atoms with Gasteiger partial charge >= 0.3 is 12.2 Å². The van der Waals surface area contributed by atoms with Crippen LogP contribution in [0.5, 0.6) is 23.3 Å². The van der Waals surface area contributed by atoms with Gasteiger partial charge in [-0.2, -0.15) is 23.1 Å². The molecule has 1 N–H and O–H groups in total. The van der Waals surface area contributed by atoms with Crippen LogP contribution in [-0.2, 0) is 32.2 Å². The highest BCUT2D eigenvalue weighted by atomic mass is 35.5. The molecule has 390 valence electrons. The average Bonchev–Trinajstić information content (AvgIpc) is 3.87. The number of rotatable bonds is 15. The maximum Gasteiger partial charge on any atom is 0.418 e. The standard InChI is InChI=1S/C57H56ClF5N8O4/c1-34-27-43(69(30-36-13-17-40(72-2)18-14-36)31-37-15-19-41(73-3)20-16-37)66-50(47(34)57(61,62)63)45-48(58)52-46-51(49(45)60)67-55(75-33-56-22-8-24-70(56)32-39(59)28-56)68-54(46)71(25-26-74-52)42-12-7-11-38-21-23-64-53(44(38)42)65-29-35-9-5-4-6-10-35/h4-6,9-10,13-21,23,27,39,42H,7-8,11-12,22,24-26,28-33H2,1-3H3,(H,64,65)/t39-,42?,56+/m1/s1. The summed E-state index contributed by atoms with van der Waals surface area (Å²) in [6.07, 6.45) is -0.206. The van der Waals surface area contributed by atoms with Gasteiger partial charge in [-0.3, -0.25) is 4.90 Å². The molecular formula is C57H56ClF5N8O4. The molecule has 0 spiro atoms. The summed E-state index contributed by atoms with van der Waals surface area (Å²) in [7, 11) is 3.12. The first-order valence-electron chi connectivity index (χ1n) is 25.3. The van der Waals surface area contributed by atoms with Crippen LogP contribution in [0, 0.1) is 12.7 Å². The van der Waals surface area contributed by atoms with Crippen LogP contribution >= 0.6 is 11.6 Å². The van der Waals surface area contributed by atoms with E-state index in [2.05, 4.69) is 10.2 Å². The summed E-state index contributed by atoms with van der Waals surface area (Å²) >= 11 is 7.35. The number of fused-ring (bicyclic) bond motifs is 2. The van der Waals surface area contributed by atoms with Gasteiger partial charge in [0.15, 0.2) is 11.6 Å². The molecule has 0 radical (unpaired) electrons. The number of aryl methyl sites for hydroxylation is 2. The van der Waals surface area contributed by atoms with E-state index in [0.29, 0.717) is 43.2 Å². The fourth-order valence-electron chi connectivity index (χ4n) is 11.6. The lowest BCUT2D eigenvalue weighted by atomic mass is 9.87. The van der Waals surface area contributed by atoms with Gasteiger partial charge in [-0.25, -0.2) is 18.7 Å². The summed E-state index contributed by atoms with van der Waals surface area (Å²) in [5.74, 6) is 1.07. The quantitative estimate of drug-likeness (QED) is 0.0987. The molecular weight excluding hydrogens is 991 g/mol. The Labute approximate surface area is 436 Å². The number of aromatic nitrogens is 4. The first-order valence-corrected chi connectivity index (χ1v) is 25.7. The van der Waals surface area contributed by atoms with Crippen LogP contribution in [0.15, 0.2) is 97.2 Å². The van der Waals surface area contributed by atoms with Crippen molar-refractivity contribution in [1.82, 2.24) is 24.8 Å². The molecule has 3 aromatic heterocycles. The highest BCUT2D eigenvalue weighted by molar-refractivity contribution is 6.36. The molecule has 1 aliphatic carbocycles. The van der Waals surface area contributed by atoms with Crippen LogP contribution in [0.1, 0.15) is 77.1 Å². The molecule has 4 aromatic carbocycles. The Morgan fingerprint density at radius 2 is 1.61 bits per heavy atom. The van der Waals surface area contributed by atoms with Gasteiger partial charge in [-0.15, -0.1) is 0 Å². The molecule has 3 atom stereocenters. The average molecular weight is 1050 g/mol. The van der Waals surface area contributed by atoms with E-state index >= 15 is 22.0 Å². The Kier molecular flexibility index (Phi) is 13.8. The SMILES string of the molecule is COc1ccc(CN(Cc2ccc(OC)cc2)c2cc(C)c(C(F)(F)F)c(-c3c(Cl)c4c5c(nc(OC[C@@]67CCCN6C[C@H](F)C7)nc5c3F)N(C3CCCc5ccnc(NCc6ccccc6)c53)CCO4)n2)cc1. The van der Waals surface area contributed by atoms with E-state index in [9.17, 15) is 0 Å². The lowest BCUT2D eigenvalue weighted by molar-refractivity contribution is -0.137. The predicted molar refractivity (Wildman–Crippen MR) is 278 cm³/mol. The van der Waals surface area contributed by atoms with Crippen molar-refractivity contribution in [2.45, 2.75) is 89.0 Å². The minimum atomic E-state index is -5.01. The molecule has 1 unspecified atom stereocenters. The first-order chi connectivity index (χ1) is 36.3. The third-order valence-corrected chi connectivity index (χ3v) is 15.5. The molecule has 3 aliphatic heterocycles. The number of methoxy groups -OCH3 is 2. The van der Waals surface area contributed by atoms with Gasteiger partial charge in [-0.05, 0) is 110 Å². The normalized spacial score (nSPS) is 19.3. The van der Waals surface area contributed by atoms with E-state index in [-0.39, 0.29) is 91.7 Å². The van der Waals surface area contributed by atoms with Crippen molar-refractivity contribution in [3.63, 3.8) is 0 Å². The van der Waals surface area contributed by atoms with E-state index in [4.69, 9.17) is 50.5 Å². The van der Waals surface area contributed by atoms with Gasteiger partial charge in [0.2, 0.25) is 0 Å². The topological polar surface area (TPSA) is 110 Å². The minimum absolute atomic E-state index is 0.00258. The van der Waals surface area contributed by atoms with Gasteiger partial charge in [0, 0.05) is 44.4 Å². The van der Waals surface area contributed by atoms with Gasteiger partial charge in [0.25, 0.3) is 0 Å². The van der Waals surface area contributed by atoms with E-state index < -0.39 is 45.5 Å². The van der Waals surface area contributed by atoms with E-state index in [1.807, 2.05) is 70.5 Å². The van der Waals surface area contributed by atoms with Crippen molar-refractivity contribution >= 4 is 40.0 Å². The van der Waals surface area contributed by atoms with Crippen molar-refractivity contribution in [1.29, 1.82) is 0 Å². The van der Waals surface area contributed by atoms with Crippen LogP contribution in [0.4, 0.5) is 39.4 Å². The molecule has 0 bridgehead atoms. The number of hydrogen-bond donors (Lipinski definition) is 1. The molecule has 4 aliphatic rings. The number of halogens is 6. The van der Waals surface area contributed by atoms with Crippen molar-refractivity contribution < 1.29 is 40.9 Å². The third-order valence-electron chi connectivity index (χ3n) is 15.2. The molecule has 7 aromatic rings. The Morgan fingerprint density at radius 1 is 0.893 bits per heavy atom. The van der Waals surface area contributed by atoms with Crippen LogP contribution in [0.25, 0.3) is 22.2 Å². The van der Waals surface area contributed by atoms with Crippen LogP contribution in [0.2, 0.25) is 5.02 Å². The first kappa shape index (κ1) is 50.2. The smallest absolute Gasteiger partial charge is 0.418 e. The van der Waals surface area contributed by atoms with Crippen molar-refractivity contribution in [2.75, 3.05) is 62.2 Å². The van der Waals surface area contributed by atoms with Crippen LogP contribution in [-0.4, -0.2) is 83.6 Å². The summed E-state index contributed by atoms with van der Waals surface area (Å²) in [5, 5.41) is 3.23. The van der Waals surface area contributed by atoms with Gasteiger partial charge in [0.1, 0.15) is 53.9 Å². The second-order valence-electron chi connectivity index (χ2n) is 19.8. The highest BCUT2D eigenvalue weighted by Gasteiger charge is 2.50. The number of anilines is 3. The van der Waals surface area contributed by atoms with Crippen molar-refractivity contribution in [2.24, 2.45) is 0 Å². The third kappa shape index (κ3) is 9.80. The Balaban J connectivity index is 1.08. The maximum absolute atomic E-state index is 18.4. The number of nitrogens with one attached hydrogen (secondary N) is 1. The molecule has 0 saturated carbocycles. The summed E-state index contributed by atoms with van der Waals surface area (Å²) in [6.45, 7) is 3.47. The molecule has 6 heterocycles. The van der Waals surface area contributed by atoms with Crippen LogP contribution < -0.4 is 34.1 Å². The number of benzene rings is 4. The van der Waals surface area contributed by atoms with E-state index in [0.717, 1.165) is 47.1 Å². The summed E-state index contributed by atoms with van der Waals surface area (Å²) in [5.41, 5.74) is 0.992. The zero-order chi connectivity index (χ0) is 52.0. The lowest BCUT2D eigenvalue weighted by Gasteiger charge is -2.37. The number of pyridine rings is 2. The fourth-order valence-corrected chi connectivity index (χ4v) is 11.9. The molecule has 18 heteroatoms. The summed E-state index contributed by atoms with van der Waals surface area (Å²) in [4.78, 5) is 25.3. The largest absolute Gasteiger partial charge is 0.497 e. The number of nitrogens with zero attached hydrogens (tertiary/aromatic N) is 7. The Hall–Kier alpha value is -6.98. The number of alkyl halides is 4. The minimum Gasteiger partial charge on any atom is -0.497 e. The predicted octanol–water partition coefficient (Wildman–Crippen LogP) is 12.3. The Bertz CT molecular complexity index is 3180. The molecule has 75 heavy (non-hydrogen) atoms. The molecule has 0 amide bonds. The van der Waals surface area contributed by atoms with Gasteiger partial charge < -0.3 is 34.1 Å². The molecule has 12 nitrogen and oxygen atoms in total. The molecule has 2 saturated heterocycles. The zero-order valence-corrected chi connectivity index (χ0v) is 42.6. The lowest BCUT2D eigenvalue weighted by Crippen LogP contribution is -2.43. The van der Waals surface area contributed by atoms with Crippen molar-refractivity contribution in [3.05, 3.63) is 147 Å². The second-order valence-corrected chi connectivity index (χ2v) is 20.2. The number of ether oxygens (including phenoxy) is 4. The summed E-state index contributed by atoms with van der Waals surface area (Å²) < 4.78 is 104. The molecule has 2 fully saturated rings. The second kappa shape index (κ2) is 20.6. The van der Waals surface area contributed by atoms with E-state index in [1.165, 1.54) is 13.0 Å². The summed E-state index contributed by atoms with van der Waals surface area (Å²) in [6, 6.07) is 27.4. The van der Waals surface area contributed by atoms with Gasteiger partial charge in [-0.1, -0.05) is 66.2 Å². The zero-order valence-electron chi connectivity index (χ0n) is 41.8. The monoisotopic (exact) mass is 1050 g/mol. The number of hydrogen-bond acceptors (Lipinski definition) is 12. The fraction of sp³-hybridized carbons (Fsp3) is 0.368.